The average Bonchev–Trinajstić information content (AvgIpc) is 1.61. The second kappa shape index (κ2) is 29.2. The zero-order valence-corrected chi connectivity index (χ0v) is 8.96. The summed E-state index contributed by atoms with van der Waals surface area (Å²) >= 11 is 0. The molecule has 0 amide bonds. The fourth-order valence-corrected chi connectivity index (χ4v) is 0. The van der Waals surface area contributed by atoms with Gasteiger partial charge in [0.2, 0.25) is 0 Å². The Labute approximate surface area is 91.9 Å². The predicted molar refractivity (Wildman–Crippen MR) is 46.7 cm³/mol. The second-order valence-electron chi connectivity index (χ2n) is 1.03. The van der Waals surface area contributed by atoms with Crippen LogP contribution in [0, 0.1) is 0 Å². The van der Waals surface area contributed by atoms with Crippen molar-refractivity contribution >= 4 is 10.4 Å². The minimum Gasteiger partial charge on any atom is -0.412 e. The summed E-state index contributed by atoms with van der Waals surface area (Å²) in [5.74, 6) is 0. The fraction of sp³-hybridized carbons (Fsp3) is 1.00. The second-order valence-corrected chi connectivity index (χ2v) is 1.92. The van der Waals surface area contributed by atoms with Crippen LogP contribution in [0.5, 0.6) is 0 Å². The third-order valence-electron chi connectivity index (χ3n) is 0.167. The molecular weight excluding hydrogens is 268 g/mol. The van der Waals surface area contributed by atoms with Gasteiger partial charge in [-0.1, -0.05) is 0 Å². The Morgan fingerprint density at radius 1 is 0.857 bits per heavy atom. The maximum absolute atomic E-state index is 8.74. The Kier molecular flexibility index (Phi) is 99.9. The van der Waals surface area contributed by atoms with Crippen molar-refractivity contribution in [3.05, 3.63) is 0 Å². The molecule has 0 aliphatic rings. The molecule has 0 aromatic heterocycles. The van der Waals surface area contributed by atoms with Gasteiger partial charge in [-0.2, -0.15) is 8.42 Å². The van der Waals surface area contributed by atoms with E-state index in [0.29, 0.717) is 13.1 Å². The summed E-state index contributed by atoms with van der Waals surface area (Å²) < 4.78 is 31.6. The molecule has 0 heterocycles. The maximum Gasteiger partial charge on any atom is 0.394 e. The zero-order chi connectivity index (χ0) is 7.91. The molecule has 0 rings (SSSR count). The topological polar surface area (TPSA) is 253 Å². The third-order valence-corrected chi connectivity index (χ3v) is 0.167. The van der Waals surface area contributed by atoms with Gasteiger partial charge >= 0.3 is 10.4 Å². The molecule has 0 radical (unpaired) electrons. The van der Waals surface area contributed by atoms with Crippen molar-refractivity contribution in [2.24, 2.45) is 11.5 Å². The third kappa shape index (κ3) is 1140. The van der Waals surface area contributed by atoms with Crippen molar-refractivity contribution in [1.29, 1.82) is 0 Å². The molecular formula is C2H18FeN2O8S. The average molecular weight is 286 g/mol. The van der Waals surface area contributed by atoms with Crippen LogP contribution in [0.2, 0.25) is 0 Å². The molecule has 0 spiro atoms. The molecule has 0 bridgehead atoms. The smallest absolute Gasteiger partial charge is 0.394 e. The van der Waals surface area contributed by atoms with Gasteiger partial charge in [0.15, 0.2) is 0 Å². The van der Waals surface area contributed by atoms with E-state index >= 15 is 0 Å². The van der Waals surface area contributed by atoms with E-state index in [0.717, 1.165) is 0 Å². The van der Waals surface area contributed by atoms with Crippen molar-refractivity contribution in [2.75, 3.05) is 13.1 Å². The van der Waals surface area contributed by atoms with E-state index in [-0.39, 0.29) is 39.0 Å². The molecule has 14 heavy (non-hydrogen) atoms. The molecule has 0 aromatic rings. The van der Waals surface area contributed by atoms with E-state index in [1.807, 2.05) is 0 Å². The van der Waals surface area contributed by atoms with E-state index in [9.17, 15) is 0 Å². The Balaban J connectivity index is -0.0000000104. The van der Waals surface area contributed by atoms with E-state index in [4.69, 9.17) is 29.0 Å². The fourth-order valence-electron chi connectivity index (χ4n) is 0. The first-order valence-corrected chi connectivity index (χ1v) is 3.41. The van der Waals surface area contributed by atoms with Crippen LogP contribution in [0.25, 0.3) is 0 Å². The van der Waals surface area contributed by atoms with Gasteiger partial charge in [0.25, 0.3) is 0 Å². The number of rotatable bonds is 1. The molecule has 0 atom stereocenters. The molecule has 0 saturated carbocycles. The van der Waals surface area contributed by atoms with Crippen LogP contribution < -0.4 is 11.5 Å². The van der Waals surface area contributed by atoms with Gasteiger partial charge in [-0.25, -0.2) is 0 Å². The van der Waals surface area contributed by atoms with Crippen molar-refractivity contribution in [1.82, 2.24) is 0 Å². The summed E-state index contributed by atoms with van der Waals surface area (Å²) in [5.41, 5.74) is 9.81. The summed E-state index contributed by atoms with van der Waals surface area (Å²) in [4.78, 5) is 0. The van der Waals surface area contributed by atoms with Gasteiger partial charge < -0.3 is 33.4 Å². The standard InChI is InChI=1S/C2H8N2.Fe.H2O4S.4H2O/c3-1-2-4;;1-5(2,3)4;;;;/h1-4H2;;(H2,1,2,3,4);4*1H2. The monoisotopic (exact) mass is 286 g/mol. The van der Waals surface area contributed by atoms with Crippen molar-refractivity contribution in [3.8, 4) is 0 Å². The largest absolute Gasteiger partial charge is 0.412 e. The van der Waals surface area contributed by atoms with Gasteiger partial charge in [0.1, 0.15) is 0 Å². The molecule has 12 heteroatoms. The van der Waals surface area contributed by atoms with Crippen LogP contribution >= 0.6 is 0 Å². The van der Waals surface area contributed by atoms with E-state index < -0.39 is 10.4 Å². The molecule has 98 valence electrons. The van der Waals surface area contributed by atoms with Crippen molar-refractivity contribution < 1.29 is 56.5 Å². The van der Waals surface area contributed by atoms with E-state index in [1.54, 1.807) is 0 Å². The Morgan fingerprint density at radius 2 is 0.929 bits per heavy atom. The Bertz CT molecular complexity index is 128. The summed E-state index contributed by atoms with van der Waals surface area (Å²) in [7, 11) is -4.67. The maximum atomic E-state index is 8.74. The summed E-state index contributed by atoms with van der Waals surface area (Å²) in [5, 5.41) is 0. The van der Waals surface area contributed by atoms with Gasteiger partial charge in [0, 0.05) is 30.2 Å². The minimum absolute atomic E-state index is 0. The zero-order valence-electron chi connectivity index (χ0n) is 7.04. The molecule has 14 N–H and O–H groups in total. The predicted octanol–water partition coefficient (Wildman–Crippen LogP) is -5.05. The van der Waals surface area contributed by atoms with Gasteiger partial charge in [0.05, 0.1) is 0 Å². The summed E-state index contributed by atoms with van der Waals surface area (Å²) in [6.45, 7) is 1.19. The van der Waals surface area contributed by atoms with Crippen LogP contribution in [0.15, 0.2) is 0 Å². The normalized spacial score (nSPS) is 6.29. The number of hydrogen-bond acceptors (Lipinski definition) is 4. The Morgan fingerprint density at radius 3 is 0.929 bits per heavy atom. The molecule has 0 aliphatic carbocycles. The van der Waals surface area contributed by atoms with E-state index in [2.05, 4.69) is 0 Å². The van der Waals surface area contributed by atoms with Crippen LogP contribution in [-0.2, 0) is 27.5 Å². The SMILES string of the molecule is NCCN.O.O.O.O.O=S(=O)(O)O.[Fe]. The Hall–Kier alpha value is 0.149. The molecule has 0 saturated heterocycles. The minimum atomic E-state index is -4.67. The van der Waals surface area contributed by atoms with Crippen LogP contribution in [0.1, 0.15) is 0 Å². The van der Waals surface area contributed by atoms with Crippen LogP contribution in [-0.4, -0.2) is 52.5 Å². The number of hydrogen-bond donors (Lipinski definition) is 4. The quantitative estimate of drug-likeness (QED) is 0.270. The van der Waals surface area contributed by atoms with Crippen LogP contribution in [0.4, 0.5) is 0 Å². The van der Waals surface area contributed by atoms with Gasteiger partial charge in [-0.3, -0.25) is 9.11 Å². The number of nitrogens with two attached hydrogens (primary N) is 2. The first-order valence-electron chi connectivity index (χ1n) is 2.01. The molecule has 10 nitrogen and oxygen atoms in total. The van der Waals surface area contributed by atoms with Gasteiger partial charge in [-0.15, -0.1) is 0 Å². The van der Waals surface area contributed by atoms with Crippen LogP contribution in [0.3, 0.4) is 0 Å². The molecule has 0 unspecified atom stereocenters. The first-order chi connectivity index (χ1) is 3.91. The first kappa shape index (κ1) is 47.9. The molecule has 0 aromatic carbocycles. The summed E-state index contributed by atoms with van der Waals surface area (Å²) in [6.07, 6.45) is 0. The molecule has 0 aliphatic heterocycles. The van der Waals surface area contributed by atoms with Gasteiger partial charge in [-0.05, 0) is 0 Å². The summed E-state index contributed by atoms with van der Waals surface area (Å²) in [6, 6.07) is 0. The van der Waals surface area contributed by atoms with Crippen molar-refractivity contribution in [2.45, 2.75) is 0 Å². The van der Waals surface area contributed by atoms with E-state index in [1.165, 1.54) is 0 Å². The molecule has 0 fully saturated rings. The van der Waals surface area contributed by atoms with Crippen molar-refractivity contribution in [3.63, 3.8) is 0 Å².